The Morgan fingerprint density at radius 3 is 2.23 bits per heavy atom. The first-order valence-corrected chi connectivity index (χ1v) is 9.50. The molecular formula is C19H28BNO5. The van der Waals surface area contributed by atoms with Crippen LogP contribution in [-0.4, -0.2) is 56.3 Å². The van der Waals surface area contributed by atoms with Crippen LogP contribution in [0.3, 0.4) is 0 Å². The summed E-state index contributed by atoms with van der Waals surface area (Å²) in [5.74, 6) is 0.306. The van der Waals surface area contributed by atoms with Crippen molar-refractivity contribution in [1.29, 1.82) is 0 Å². The lowest BCUT2D eigenvalue weighted by Gasteiger charge is -2.32. The van der Waals surface area contributed by atoms with Gasteiger partial charge >= 0.3 is 7.12 Å². The molecule has 142 valence electrons. The van der Waals surface area contributed by atoms with Gasteiger partial charge in [-0.3, -0.25) is 4.98 Å². The van der Waals surface area contributed by atoms with Crippen LogP contribution in [0.25, 0.3) is 0 Å². The van der Waals surface area contributed by atoms with E-state index in [2.05, 4.69) is 33.8 Å². The zero-order valence-electron chi connectivity index (χ0n) is 16.1. The van der Waals surface area contributed by atoms with E-state index >= 15 is 0 Å². The number of pyridine rings is 1. The second kappa shape index (κ2) is 6.87. The molecule has 1 aromatic heterocycles. The van der Waals surface area contributed by atoms with Crippen molar-refractivity contribution in [2.24, 2.45) is 0 Å². The van der Waals surface area contributed by atoms with Gasteiger partial charge in [0.1, 0.15) is 6.10 Å². The average Bonchev–Trinajstić information content (AvgIpc) is 3.22. The van der Waals surface area contributed by atoms with Gasteiger partial charge in [0.15, 0.2) is 0 Å². The Kier molecular flexibility index (Phi) is 4.86. The van der Waals surface area contributed by atoms with Crippen molar-refractivity contribution in [2.75, 3.05) is 33.0 Å². The van der Waals surface area contributed by atoms with Crippen molar-refractivity contribution in [3.8, 4) is 0 Å². The molecule has 3 fully saturated rings. The van der Waals surface area contributed by atoms with Gasteiger partial charge in [-0.15, -0.1) is 0 Å². The van der Waals surface area contributed by atoms with E-state index in [-0.39, 0.29) is 17.3 Å². The molecule has 7 heteroatoms. The van der Waals surface area contributed by atoms with Gasteiger partial charge in [0.25, 0.3) is 0 Å². The van der Waals surface area contributed by atoms with Gasteiger partial charge in [-0.1, -0.05) is 0 Å². The number of nitrogens with zero attached hydrogens (tertiary/aromatic N) is 1. The molecule has 0 bridgehead atoms. The molecule has 26 heavy (non-hydrogen) atoms. The van der Waals surface area contributed by atoms with Crippen LogP contribution in [-0.2, 0) is 23.5 Å². The van der Waals surface area contributed by atoms with Crippen LogP contribution in [0.5, 0.6) is 0 Å². The summed E-state index contributed by atoms with van der Waals surface area (Å²) in [4.78, 5) is 4.89. The molecule has 4 rings (SSSR count). The van der Waals surface area contributed by atoms with Crippen LogP contribution in [0.1, 0.15) is 57.5 Å². The first kappa shape index (κ1) is 18.4. The Bertz CT molecular complexity index is 637. The molecular weight excluding hydrogens is 333 g/mol. The molecule has 2 unspecified atom stereocenters. The number of hydrogen-bond donors (Lipinski definition) is 0. The SMILES string of the molecule is CC1(C)OB(c2cc(C3CCOC3)nc(C3COCCO3)c2)OC1(C)C. The lowest BCUT2D eigenvalue weighted by molar-refractivity contribution is -0.0918. The van der Waals surface area contributed by atoms with Crippen LogP contribution in [0.4, 0.5) is 0 Å². The highest BCUT2D eigenvalue weighted by Gasteiger charge is 2.52. The summed E-state index contributed by atoms with van der Waals surface area (Å²) in [5, 5.41) is 0. The number of ether oxygens (including phenoxy) is 3. The van der Waals surface area contributed by atoms with Gasteiger partial charge in [0.05, 0.1) is 43.3 Å². The van der Waals surface area contributed by atoms with E-state index in [1.165, 1.54) is 0 Å². The fourth-order valence-corrected chi connectivity index (χ4v) is 3.51. The Morgan fingerprint density at radius 2 is 1.62 bits per heavy atom. The Hall–Kier alpha value is -0.985. The minimum Gasteiger partial charge on any atom is -0.399 e. The highest BCUT2D eigenvalue weighted by molar-refractivity contribution is 6.62. The zero-order valence-corrected chi connectivity index (χ0v) is 16.1. The quantitative estimate of drug-likeness (QED) is 0.768. The minimum absolute atomic E-state index is 0.146. The first-order valence-electron chi connectivity index (χ1n) is 9.50. The molecule has 0 radical (unpaired) electrons. The van der Waals surface area contributed by atoms with Crippen molar-refractivity contribution in [3.63, 3.8) is 0 Å². The monoisotopic (exact) mass is 361 g/mol. The molecule has 3 aliphatic heterocycles. The summed E-state index contributed by atoms with van der Waals surface area (Å²) < 4.78 is 29.5. The third kappa shape index (κ3) is 3.43. The Labute approximate surface area is 155 Å². The fraction of sp³-hybridized carbons (Fsp3) is 0.737. The third-order valence-electron chi connectivity index (χ3n) is 5.91. The lowest BCUT2D eigenvalue weighted by Crippen LogP contribution is -2.41. The van der Waals surface area contributed by atoms with Crippen molar-refractivity contribution >= 4 is 12.6 Å². The number of hydrogen-bond acceptors (Lipinski definition) is 6. The predicted octanol–water partition coefficient (Wildman–Crippen LogP) is 1.97. The number of rotatable bonds is 3. The van der Waals surface area contributed by atoms with E-state index in [9.17, 15) is 0 Å². The average molecular weight is 361 g/mol. The van der Waals surface area contributed by atoms with E-state index in [0.29, 0.717) is 32.3 Å². The molecule has 6 nitrogen and oxygen atoms in total. The highest BCUT2D eigenvalue weighted by atomic mass is 16.7. The fourth-order valence-electron chi connectivity index (χ4n) is 3.51. The second-order valence-electron chi connectivity index (χ2n) is 8.33. The maximum Gasteiger partial charge on any atom is 0.494 e. The summed E-state index contributed by atoms with van der Waals surface area (Å²) in [5.41, 5.74) is 2.16. The third-order valence-corrected chi connectivity index (χ3v) is 5.91. The van der Waals surface area contributed by atoms with E-state index in [1.807, 2.05) is 6.07 Å². The van der Waals surface area contributed by atoms with Crippen LogP contribution >= 0.6 is 0 Å². The molecule has 1 aromatic rings. The molecule has 0 saturated carbocycles. The van der Waals surface area contributed by atoms with Crippen molar-refractivity contribution in [2.45, 2.75) is 57.3 Å². The number of aromatic nitrogens is 1. The molecule has 0 N–H and O–H groups in total. The highest BCUT2D eigenvalue weighted by Crippen LogP contribution is 2.37. The normalized spacial score (nSPS) is 30.7. The second-order valence-corrected chi connectivity index (χ2v) is 8.33. The summed E-state index contributed by atoms with van der Waals surface area (Å²) in [6.07, 6.45) is 0.841. The maximum atomic E-state index is 6.26. The van der Waals surface area contributed by atoms with Gasteiger partial charge in [-0.2, -0.15) is 0 Å². The largest absolute Gasteiger partial charge is 0.494 e. The maximum absolute atomic E-state index is 6.26. The van der Waals surface area contributed by atoms with E-state index in [0.717, 1.165) is 29.9 Å². The molecule has 0 spiro atoms. The molecule has 0 amide bonds. The molecule has 0 aromatic carbocycles. The summed E-state index contributed by atoms with van der Waals surface area (Å²) in [7, 11) is -0.410. The summed E-state index contributed by atoms with van der Waals surface area (Å²) in [6, 6.07) is 4.15. The Morgan fingerprint density at radius 1 is 0.923 bits per heavy atom. The van der Waals surface area contributed by atoms with Gasteiger partial charge in [-0.05, 0) is 51.7 Å². The molecule has 0 aliphatic carbocycles. The molecule has 3 saturated heterocycles. The topological polar surface area (TPSA) is 59.0 Å². The van der Waals surface area contributed by atoms with E-state index in [1.54, 1.807) is 0 Å². The van der Waals surface area contributed by atoms with Crippen molar-refractivity contribution in [1.82, 2.24) is 4.98 Å². The van der Waals surface area contributed by atoms with Gasteiger partial charge in [0, 0.05) is 18.2 Å². The molecule has 3 aliphatic rings. The van der Waals surface area contributed by atoms with Crippen LogP contribution in [0.2, 0.25) is 0 Å². The zero-order chi connectivity index (χ0) is 18.4. The van der Waals surface area contributed by atoms with Gasteiger partial charge in [0.2, 0.25) is 0 Å². The van der Waals surface area contributed by atoms with Crippen LogP contribution < -0.4 is 5.46 Å². The minimum atomic E-state index is -0.410. The molecule has 4 heterocycles. The van der Waals surface area contributed by atoms with E-state index < -0.39 is 7.12 Å². The van der Waals surface area contributed by atoms with Crippen molar-refractivity contribution in [3.05, 3.63) is 23.5 Å². The van der Waals surface area contributed by atoms with Gasteiger partial charge < -0.3 is 23.5 Å². The lowest BCUT2D eigenvalue weighted by atomic mass is 9.77. The molecule has 2 atom stereocenters. The smallest absolute Gasteiger partial charge is 0.399 e. The summed E-state index contributed by atoms with van der Waals surface area (Å²) in [6.45, 7) is 11.5. The predicted molar refractivity (Wildman–Crippen MR) is 97.6 cm³/mol. The van der Waals surface area contributed by atoms with Crippen LogP contribution in [0.15, 0.2) is 12.1 Å². The van der Waals surface area contributed by atoms with Gasteiger partial charge in [-0.25, -0.2) is 0 Å². The first-order chi connectivity index (χ1) is 12.4. The Balaban J connectivity index is 1.68. The van der Waals surface area contributed by atoms with Crippen molar-refractivity contribution < 1.29 is 23.5 Å². The standard InChI is InChI=1S/C19H28BNO5/c1-18(2)19(3,4)26-20(25-18)14-9-15(13-5-6-22-11-13)21-16(10-14)17-12-23-7-8-24-17/h9-10,13,17H,5-8,11-12H2,1-4H3. The van der Waals surface area contributed by atoms with Crippen LogP contribution in [0, 0.1) is 0 Å². The van der Waals surface area contributed by atoms with E-state index in [4.69, 9.17) is 28.5 Å². The summed E-state index contributed by atoms with van der Waals surface area (Å²) >= 11 is 0.